The largest absolute Gasteiger partial charge is 0.457 e. The molecule has 4 saturated carbocycles. The molecule has 2 nitrogen and oxygen atoms in total. The van der Waals surface area contributed by atoms with Crippen molar-refractivity contribution in [3.63, 3.8) is 0 Å². The van der Waals surface area contributed by atoms with Gasteiger partial charge in [0.1, 0.15) is 11.5 Å². The van der Waals surface area contributed by atoms with Crippen molar-refractivity contribution >= 4 is 27.8 Å². The summed E-state index contributed by atoms with van der Waals surface area (Å²) in [6.45, 7) is 9.73. The zero-order valence-electron chi connectivity index (χ0n) is 28.9. The lowest BCUT2D eigenvalue weighted by Gasteiger charge is -2.63. The highest BCUT2D eigenvalue weighted by atomic mass is 16.5. The quantitative estimate of drug-likeness (QED) is 0.197. The number of hydrogen-bond donors (Lipinski definition) is 0. The fourth-order valence-electron chi connectivity index (χ4n) is 11.5. The molecule has 1 spiro atoms. The molecule has 242 valence electrons. The summed E-state index contributed by atoms with van der Waals surface area (Å²) in [4.78, 5) is 2.54. The van der Waals surface area contributed by atoms with Gasteiger partial charge in [0, 0.05) is 33.6 Å². The molecular formula is C46H47NO. The van der Waals surface area contributed by atoms with Crippen molar-refractivity contribution in [1.82, 2.24) is 0 Å². The molecular weight excluding hydrogens is 583 g/mol. The molecule has 4 bridgehead atoms. The Bertz CT molecular complexity index is 2070. The summed E-state index contributed by atoms with van der Waals surface area (Å²) in [5.74, 6) is 5.30. The maximum Gasteiger partial charge on any atom is 0.131 e. The Labute approximate surface area is 286 Å². The van der Waals surface area contributed by atoms with E-state index in [0.29, 0.717) is 11.8 Å². The van der Waals surface area contributed by atoms with Gasteiger partial charge in [0.2, 0.25) is 0 Å². The lowest BCUT2D eigenvalue weighted by molar-refractivity contribution is -0.0452. The molecule has 0 aromatic heterocycles. The summed E-state index contributed by atoms with van der Waals surface area (Å²) in [7, 11) is 0. The molecule has 1 heterocycles. The Balaban J connectivity index is 1.20. The van der Waals surface area contributed by atoms with Crippen molar-refractivity contribution in [2.24, 2.45) is 23.7 Å². The standard InChI is InChI=1S/C46H47NO/c1-44(2)19-20-45(3,4)40-27-36(15-17-38(40)44)47(35-14-13-31-9-5-6-10-32(31)26-35)37-16-18-43-41(28-37)46(39-11-7-8-12-42(39)48-43)33-22-29-21-30(24-33)25-34(46)23-29/h5-18,26-30,33-34H,19-25H2,1-4H3. The normalized spacial score (nSPS) is 28.4. The second-order valence-corrected chi connectivity index (χ2v) is 17.3. The second-order valence-electron chi connectivity index (χ2n) is 17.3. The predicted octanol–water partition coefficient (Wildman–Crippen LogP) is 12.5. The molecule has 11 rings (SSSR count). The third-order valence-corrected chi connectivity index (χ3v) is 13.7. The van der Waals surface area contributed by atoms with Gasteiger partial charge in [-0.05, 0) is 150 Å². The number of para-hydroxylation sites is 1. The SMILES string of the molecule is CC1(C)CCC(C)(C)c2cc(N(c3ccc4c(c3)C3(c5ccccc5O4)C4CC5CC(C4)CC3C5)c3ccc4ccccc4c3)ccc21. The van der Waals surface area contributed by atoms with Crippen molar-refractivity contribution in [3.8, 4) is 11.5 Å². The highest BCUT2D eigenvalue weighted by Gasteiger charge is 2.61. The lowest BCUT2D eigenvalue weighted by atomic mass is 9.42. The Kier molecular flexibility index (Phi) is 6.03. The van der Waals surface area contributed by atoms with E-state index >= 15 is 0 Å². The molecule has 2 heteroatoms. The van der Waals surface area contributed by atoms with Crippen molar-refractivity contribution in [3.05, 3.63) is 125 Å². The van der Waals surface area contributed by atoms with Crippen LogP contribution in [-0.4, -0.2) is 0 Å². The van der Waals surface area contributed by atoms with Crippen LogP contribution in [0.15, 0.2) is 103 Å². The monoisotopic (exact) mass is 629 g/mol. The van der Waals surface area contributed by atoms with Gasteiger partial charge in [-0.25, -0.2) is 0 Å². The summed E-state index contributed by atoms with van der Waals surface area (Å²) in [6.07, 6.45) is 9.30. The Morgan fingerprint density at radius 1 is 0.500 bits per heavy atom. The van der Waals surface area contributed by atoms with Crippen LogP contribution in [0.2, 0.25) is 0 Å². The zero-order valence-corrected chi connectivity index (χ0v) is 28.9. The minimum atomic E-state index is 0.0184. The van der Waals surface area contributed by atoms with Crippen LogP contribution < -0.4 is 9.64 Å². The van der Waals surface area contributed by atoms with Crippen LogP contribution in [0.5, 0.6) is 11.5 Å². The van der Waals surface area contributed by atoms with Gasteiger partial charge in [0.15, 0.2) is 0 Å². The van der Waals surface area contributed by atoms with E-state index in [1.165, 1.54) is 95.0 Å². The van der Waals surface area contributed by atoms with Gasteiger partial charge in [-0.3, -0.25) is 0 Å². The van der Waals surface area contributed by atoms with E-state index in [2.05, 4.69) is 136 Å². The van der Waals surface area contributed by atoms with Crippen molar-refractivity contribution in [2.45, 2.75) is 88.9 Å². The third kappa shape index (κ3) is 4.04. The third-order valence-electron chi connectivity index (χ3n) is 13.7. The molecule has 0 amide bonds. The predicted molar refractivity (Wildman–Crippen MR) is 198 cm³/mol. The van der Waals surface area contributed by atoms with Crippen molar-refractivity contribution in [2.75, 3.05) is 4.90 Å². The fourth-order valence-corrected chi connectivity index (χ4v) is 11.5. The first-order chi connectivity index (χ1) is 23.2. The van der Waals surface area contributed by atoms with Gasteiger partial charge in [0.05, 0.1) is 0 Å². The molecule has 0 saturated heterocycles. The lowest BCUT2D eigenvalue weighted by Crippen LogP contribution is -2.57. The molecule has 0 N–H and O–H groups in total. The van der Waals surface area contributed by atoms with E-state index in [1.54, 1.807) is 0 Å². The van der Waals surface area contributed by atoms with Gasteiger partial charge >= 0.3 is 0 Å². The van der Waals surface area contributed by atoms with Crippen LogP contribution in [-0.2, 0) is 16.2 Å². The second kappa shape index (κ2) is 10.0. The van der Waals surface area contributed by atoms with Crippen LogP contribution in [0.3, 0.4) is 0 Å². The van der Waals surface area contributed by atoms with E-state index < -0.39 is 0 Å². The molecule has 5 aliphatic carbocycles. The summed E-state index contributed by atoms with van der Waals surface area (Å²) >= 11 is 0. The van der Waals surface area contributed by atoms with Gasteiger partial charge < -0.3 is 9.64 Å². The Morgan fingerprint density at radius 2 is 1.06 bits per heavy atom. The van der Waals surface area contributed by atoms with Crippen LogP contribution in [0.4, 0.5) is 17.1 Å². The van der Waals surface area contributed by atoms with Crippen LogP contribution >= 0.6 is 0 Å². The van der Waals surface area contributed by atoms with Crippen LogP contribution in [0.25, 0.3) is 10.8 Å². The van der Waals surface area contributed by atoms with E-state index in [1.807, 2.05) is 0 Å². The first-order valence-corrected chi connectivity index (χ1v) is 18.6. The number of fused-ring (bicyclic) bond motifs is 4. The molecule has 6 aliphatic rings. The van der Waals surface area contributed by atoms with Gasteiger partial charge in [-0.2, -0.15) is 0 Å². The van der Waals surface area contributed by atoms with E-state index in [4.69, 9.17) is 4.74 Å². The minimum Gasteiger partial charge on any atom is -0.457 e. The Morgan fingerprint density at radius 3 is 1.81 bits per heavy atom. The molecule has 5 aromatic carbocycles. The van der Waals surface area contributed by atoms with E-state index in [0.717, 1.165) is 23.3 Å². The summed E-state index contributed by atoms with van der Waals surface area (Å²) in [5, 5.41) is 2.55. The molecule has 48 heavy (non-hydrogen) atoms. The van der Waals surface area contributed by atoms with Crippen molar-refractivity contribution in [1.29, 1.82) is 0 Å². The molecule has 0 unspecified atom stereocenters. The smallest absolute Gasteiger partial charge is 0.131 e. The van der Waals surface area contributed by atoms with Crippen molar-refractivity contribution < 1.29 is 4.74 Å². The number of ether oxygens (including phenoxy) is 1. The maximum atomic E-state index is 6.82. The first-order valence-electron chi connectivity index (χ1n) is 18.6. The van der Waals surface area contributed by atoms with Gasteiger partial charge in [0.25, 0.3) is 0 Å². The Hall–Kier alpha value is -4.04. The molecule has 0 radical (unpaired) electrons. The zero-order chi connectivity index (χ0) is 32.4. The van der Waals surface area contributed by atoms with Gasteiger partial charge in [-0.1, -0.05) is 82.3 Å². The number of hydrogen-bond acceptors (Lipinski definition) is 2. The first kappa shape index (κ1) is 28.9. The summed E-state index contributed by atoms with van der Waals surface area (Å²) < 4.78 is 6.82. The maximum absolute atomic E-state index is 6.82. The summed E-state index contributed by atoms with van der Waals surface area (Å²) in [5.41, 5.74) is 9.88. The minimum absolute atomic E-state index is 0.0184. The average molecular weight is 630 g/mol. The van der Waals surface area contributed by atoms with Crippen LogP contribution in [0.1, 0.15) is 94.9 Å². The van der Waals surface area contributed by atoms with Crippen LogP contribution in [0, 0.1) is 23.7 Å². The molecule has 5 aromatic rings. The number of anilines is 3. The molecule has 1 aliphatic heterocycles. The molecule has 0 atom stereocenters. The highest BCUT2D eigenvalue weighted by molar-refractivity contribution is 5.89. The number of nitrogens with zero attached hydrogens (tertiary/aromatic N) is 1. The fraction of sp³-hybridized carbons (Fsp3) is 0.391. The topological polar surface area (TPSA) is 12.5 Å². The van der Waals surface area contributed by atoms with E-state index in [9.17, 15) is 0 Å². The summed E-state index contributed by atoms with van der Waals surface area (Å²) in [6, 6.07) is 39.3. The average Bonchev–Trinajstić information content (AvgIpc) is 3.08. The van der Waals surface area contributed by atoms with Gasteiger partial charge in [-0.15, -0.1) is 0 Å². The molecule has 4 fully saturated rings. The number of benzene rings is 5. The number of rotatable bonds is 3. The highest BCUT2D eigenvalue weighted by Crippen LogP contribution is 2.69. The van der Waals surface area contributed by atoms with E-state index in [-0.39, 0.29) is 16.2 Å².